The van der Waals surface area contributed by atoms with Gasteiger partial charge in [0.05, 0.1) is 4.47 Å². The van der Waals surface area contributed by atoms with Crippen molar-refractivity contribution in [2.45, 2.75) is 12.7 Å². The summed E-state index contributed by atoms with van der Waals surface area (Å²) in [5, 5.41) is 4.90. The summed E-state index contributed by atoms with van der Waals surface area (Å²) in [6.07, 6.45) is -4.60. The first kappa shape index (κ1) is 21.4. The van der Waals surface area contributed by atoms with E-state index < -0.39 is 17.8 Å². The highest BCUT2D eigenvalue weighted by molar-refractivity contribution is 9.10. The number of amides is 1. The van der Waals surface area contributed by atoms with Gasteiger partial charge >= 0.3 is 6.18 Å². The molecule has 0 unspecified atom stereocenters. The number of benzene rings is 1. The van der Waals surface area contributed by atoms with Gasteiger partial charge in [0, 0.05) is 49.8 Å². The number of hydrogen-bond acceptors (Lipinski definition) is 3. The molecule has 1 amide bonds. The van der Waals surface area contributed by atoms with E-state index in [1.54, 1.807) is 12.1 Å². The molecule has 2 aromatic rings. The first-order valence-electron chi connectivity index (χ1n) is 8.33. The van der Waals surface area contributed by atoms with Gasteiger partial charge in [-0.3, -0.25) is 14.4 Å². The fourth-order valence-electron chi connectivity index (χ4n) is 3.09. The van der Waals surface area contributed by atoms with Crippen LogP contribution in [0, 0.1) is 0 Å². The van der Waals surface area contributed by atoms with Gasteiger partial charge in [0.25, 0.3) is 5.91 Å². The van der Waals surface area contributed by atoms with Crippen LogP contribution in [0.4, 0.5) is 13.2 Å². The van der Waals surface area contributed by atoms with Gasteiger partial charge in [0.1, 0.15) is 0 Å². The Hall–Kier alpha value is -1.29. The highest BCUT2D eigenvalue weighted by Gasteiger charge is 2.40. The van der Waals surface area contributed by atoms with Crippen molar-refractivity contribution >= 4 is 45.0 Å². The van der Waals surface area contributed by atoms with Crippen LogP contribution in [0.2, 0.25) is 10.0 Å². The van der Waals surface area contributed by atoms with Crippen LogP contribution in [-0.2, 0) is 19.8 Å². The van der Waals surface area contributed by atoms with Crippen molar-refractivity contribution in [3.05, 3.63) is 49.7 Å². The van der Waals surface area contributed by atoms with Crippen LogP contribution >= 0.6 is 39.1 Å². The molecule has 1 aliphatic rings. The molecule has 1 fully saturated rings. The molecule has 0 aliphatic carbocycles. The Morgan fingerprint density at radius 3 is 2.39 bits per heavy atom. The molecular weight excluding hydrogens is 484 g/mol. The molecule has 0 atom stereocenters. The molecule has 0 saturated carbocycles. The van der Waals surface area contributed by atoms with Crippen LogP contribution in [0.1, 0.15) is 21.7 Å². The maximum absolute atomic E-state index is 13.1. The maximum atomic E-state index is 13.1. The summed E-state index contributed by atoms with van der Waals surface area (Å²) in [4.78, 5) is 16.3. The van der Waals surface area contributed by atoms with Gasteiger partial charge in [-0.05, 0) is 33.6 Å². The van der Waals surface area contributed by atoms with Gasteiger partial charge in [0.2, 0.25) is 0 Å². The molecule has 0 bridgehead atoms. The van der Waals surface area contributed by atoms with E-state index in [2.05, 4.69) is 25.9 Å². The van der Waals surface area contributed by atoms with E-state index in [1.165, 1.54) is 4.90 Å². The van der Waals surface area contributed by atoms with E-state index in [4.69, 9.17) is 23.2 Å². The average Bonchev–Trinajstić information content (AvgIpc) is 2.92. The second-order valence-corrected chi connectivity index (χ2v) is 8.07. The fourth-order valence-corrected chi connectivity index (χ4v) is 4.29. The topological polar surface area (TPSA) is 41.4 Å². The maximum Gasteiger partial charge on any atom is 0.434 e. The van der Waals surface area contributed by atoms with Crippen molar-refractivity contribution in [3.8, 4) is 0 Å². The molecule has 0 radical (unpaired) electrons. The number of carbonyl (C=O) groups is 1. The third kappa shape index (κ3) is 4.48. The molecule has 28 heavy (non-hydrogen) atoms. The third-order valence-corrected chi connectivity index (χ3v) is 5.87. The van der Waals surface area contributed by atoms with Gasteiger partial charge in [-0.25, -0.2) is 0 Å². The minimum Gasteiger partial charge on any atom is -0.335 e. The second kappa shape index (κ2) is 8.22. The number of piperazine rings is 1. The van der Waals surface area contributed by atoms with Gasteiger partial charge in [0.15, 0.2) is 11.4 Å². The van der Waals surface area contributed by atoms with Crippen LogP contribution < -0.4 is 0 Å². The summed E-state index contributed by atoms with van der Waals surface area (Å²) in [5.41, 5.74) is -0.288. The Morgan fingerprint density at radius 2 is 1.86 bits per heavy atom. The molecule has 3 rings (SSSR count). The monoisotopic (exact) mass is 498 g/mol. The molecule has 2 heterocycles. The highest BCUT2D eigenvalue weighted by Crippen LogP contribution is 2.36. The number of aryl methyl sites for hydroxylation is 1. The number of rotatable bonds is 3. The molecule has 5 nitrogen and oxygen atoms in total. The quantitative estimate of drug-likeness (QED) is 0.625. The Bertz CT molecular complexity index is 895. The Morgan fingerprint density at radius 1 is 1.21 bits per heavy atom. The molecule has 1 saturated heterocycles. The fraction of sp³-hybridized carbons (Fsp3) is 0.412. The van der Waals surface area contributed by atoms with Crippen LogP contribution in [0.25, 0.3) is 0 Å². The van der Waals surface area contributed by atoms with Crippen molar-refractivity contribution < 1.29 is 18.0 Å². The predicted octanol–water partition coefficient (Wildman–Crippen LogP) is 4.47. The van der Waals surface area contributed by atoms with E-state index in [1.807, 2.05) is 6.07 Å². The standard InChI is InChI=1S/C17H16BrCl2F3N4O/c1-25-15(17(21,22)23)13(18)14(24-25)16(28)27-6-4-26(5-7-27)9-10-2-3-11(19)8-12(10)20/h2-3,8H,4-7,9H2,1H3. The number of hydrogen-bond donors (Lipinski definition) is 0. The predicted molar refractivity (Wildman–Crippen MR) is 104 cm³/mol. The van der Waals surface area contributed by atoms with Crippen molar-refractivity contribution in [3.63, 3.8) is 0 Å². The van der Waals surface area contributed by atoms with Crippen molar-refractivity contribution in [2.24, 2.45) is 7.05 Å². The summed E-state index contributed by atoms with van der Waals surface area (Å²) in [6.45, 7) is 2.51. The number of alkyl halides is 3. The van der Waals surface area contributed by atoms with Crippen LogP contribution in [0.15, 0.2) is 22.7 Å². The van der Waals surface area contributed by atoms with E-state index in [-0.39, 0.29) is 10.2 Å². The molecule has 1 aromatic carbocycles. The van der Waals surface area contributed by atoms with Crippen LogP contribution in [-0.4, -0.2) is 51.7 Å². The second-order valence-electron chi connectivity index (χ2n) is 6.44. The van der Waals surface area contributed by atoms with E-state index in [9.17, 15) is 18.0 Å². The van der Waals surface area contributed by atoms with Crippen molar-refractivity contribution in [1.29, 1.82) is 0 Å². The van der Waals surface area contributed by atoms with E-state index >= 15 is 0 Å². The van der Waals surface area contributed by atoms with Gasteiger partial charge in [-0.15, -0.1) is 0 Å². The smallest absolute Gasteiger partial charge is 0.335 e. The molecule has 1 aromatic heterocycles. The zero-order chi connectivity index (χ0) is 20.6. The minimum atomic E-state index is -4.60. The lowest BCUT2D eigenvalue weighted by molar-refractivity contribution is -0.144. The van der Waals surface area contributed by atoms with Crippen molar-refractivity contribution in [1.82, 2.24) is 19.6 Å². The summed E-state index contributed by atoms with van der Waals surface area (Å²) in [6, 6.07) is 5.29. The zero-order valence-electron chi connectivity index (χ0n) is 14.7. The molecule has 11 heteroatoms. The Balaban J connectivity index is 1.66. The Kier molecular flexibility index (Phi) is 6.29. The normalized spacial score (nSPS) is 15.9. The summed E-state index contributed by atoms with van der Waals surface area (Å²) in [7, 11) is 1.16. The van der Waals surface area contributed by atoms with Gasteiger partial charge < -0.3 is 4.90 Å². The number of halogens is 6. The lowest BCUT2D eigenvalue weighted by Crippen LogP contribution is -2.48. The van der Waals surface area contributed by atoms with E-state index in [0.717, 1.165) is 12.6 Å². The third-order valence-electron chi connectivity index (χ3n) is 4.53. The lowest BCUT2D eigenvalue weighted by atomic mass is 10.2. The lowest BCUT2D eigenvalue weighted by Gasteiger charge is -2.34. The molecule has 152 valence electrons. The molecule has 0 spiro atoms. The first-order chi connectivity index (χ1) is 13.1. The largest absolute Gasteiger partial charge is 0.434 e. The minimum absolute atomic E-state index is 0.232. The summed E-state index contributed by atoms with van der Waals surface area (Å²) >= 11 is 15.0. The van der Waals surface area contributed by atoms with Crippen LogP contribution in [0.3, 0.4) is 0 Å². The zero-order valence-corrected chi connectivity index (χ0v) is 17.8. The molecular formula is C17H16BrCl2F3N4O. The van der Waals surface area contributed by atoms with Crippen molar-refractivity contribution in [2.75, 3.05) is 26.2 Å². The Labute approximate surface area is 178 Å². The first-order valence-corrected chi connectivity index (χ1v) is 9.88. The van der Waals surface area contributed by atoms with Gasteiger partial charge in [-0.2, -0.15) is 18.3 Å². The molecule has 1 aliphatic heterocycles. The number of aromatic nitrogens is 2. The summed E-state index contributed by atoms with van der Waals surface area (Å²) in [5.74, 6) is -0.526. The molecule has 0 N–H and O–H groups in total. The van der Waals surface area contributed by atoms with E-state index in [0.29, 0.717) is 47.5 Å². The SMILES string of the molecule is Cn1nc(C(=O)N2CCN(Cc3ccc(Cl)cc3Cl)CC2)c(Br)c1C(F)(F)F. The summed E-state index contributed by atoms with van der Waals surface area (Å²) < 4.78 is 39.7. The van der Waals surface area contributed by atoms with Gasteiger partial charge in [-0.1, -0.05) is 29.3 Å². The highest BCUT2D eigenvalue weighted by atomic mass is 79.9. The average molecular weight is 500 g/mol. The number of nitrogens with zero attached hydrogens (tertiary/aromatic N) is 4. The van der Waals surface area contributed by atoms with Crippen LogP contribution in [0.5, 0.6) is 0 Å². The number of carbonyl (C=O) groups excluding carboxylic acids is 1.